The second-order valence-corrected chi connectivity index (χ2v) is 4.95. The Morgan fingerprint density at radius 3 is 2.61 bits per heavy atom. The van der Waals surface area contributed by atoms with Gasteiger partial charge >= 0.3 is 0 Å². The van der Waals surface area contributed by atoms with Gasteiger partial charge in [0.2, 0.25) is 11.9 Å². The molecule has 0 aromatic carbocycles. The number of nitrogens with zero attached hydrogens (tertiary/aromatic N) is 5. The molecule has 0 spiro atoms. The fourth-order valence-corrected chi connectivity index (χ4v) is 2.40. The molecule has 18 heavy (non-hydrogen) atoms. The van der Waals surface area contributed by atoms with Crippen LogP contribution in [0.4, 0.5) is 5.95 Å². The second-order valence-electron chi connectivity index (χ2n) is 4.95. The Morgan fingerprint density at radius 2 is 2.06 bits per heavy atom. The first-order valence-corrected chi connectivity index (χ1v) is 6.39. The minimum Gasteiger partial charge on any atom is -0.367 e. The van der Waals surface area contributed by atoms with Gasteiger partial charge in [-0.3, -0.25) is 9.69 Å². The zero-order valence-electron chi connectivity index (χ0n) is 10.3. The molecule has 1 aliphatic heterocycles. The van der Waals surface area contributed by atoms with Crippen LogP contribution in [0.2, 0.25) is 0 Å². The molecule has 1 amide bonds. The van der Waals surface area contributed by atoms with Gasteiger partial charge in [0.1, 0.15) is 12.9 Å². The van der Waals surface area contributed by atoms with Crippen LogP contribution in [0.1, 0.15) is 12.8 Å². The fourth-order valence-electron chi connectivity index (χ4n) is 2.40. The van der Waals surface area contributed by atoms with E-state index in [1.807, 2.05) is 4.90 Å². The van der Waals surface area contributed by atoms with E-state index >= 15 is 0 Å². The fraction of sp³-hybridized carbons (Fsp3) is 0.727. The lowest BCUT2D eigenvalue weighted by molar-refractivity contribution is -0.133. The van der Waals surface area contributed by atoms with Gasteiger partial charge in [0.05, 0.1) is 0 Å². The highest BCUT2D eigenvalue weighted by Crippen LogP contribution is 2.27. The van der Waals surface area contributed by atoms with E-state index in [0.29, 0.717) is 0 Å². The van der Waals surface area contributed by atoms with Crippen molar-refractivity contribution in [3.05, 3.63) is 6.33 Å². The highest BCUT2D eigenvalue weighted by Gasteiger charge is 2.32. The van der Waals surface area contributed by atoms with Gasteiger partial charge < -0.3 is 10.6 Å². The maximum Gasteiger partial charge on any atom is 0.244 e. The number of piperazine rings is 1. The summed E-state index contributed by atoms with van der Waals surface area (Å²) < 4.78 is 1.49. The van der Waals surface area contributed by atoms with Crippen molar-refractivity contribution in [2.75, 3.05) is 31.9 Å². The van der Waals surface area contributed by atoms with Gasteiger partial charge in [-0.15, -0.1) is 5.10 Å². The molecule has 2 aliphatic rings. The molecule has 7 nitrogen and oxygen atoms in total. The summed E-state index contributed by atoms with van der Waals surface area (Å²) in [6, 6.07) is 0.789. The first kappa shape index (κ1) is 11.5. The van der Waals surface area contributed by atoms with Crippen LogP contribution in [-0.4, -0.2) is 62.7 Å². The molecule has 2 heterocycles. The van der Waals surface area contributed by atoms with E-state index in [1.54, 1.807) is 0 Å². The number of nitrogens with two attached hydrogens (primary N) is 1. The van der Waals surface area contributed by atoms with Crippen LogP contribution in [0, 0.1) is 0 Å². The molecule has 1 aromatic rings. The number of carbonyl (C=O) groups is 1. The van der Waals surface area contributed by atoms with Crippen molar-refractivity contribution < 1.29 is 4.79 Å². The Hall–Kier alpha value is -1.63. The molecule has 2 fully saturated rings. The van der Waals surface area contributed by atoms with Gasteiger partial charge in [-0.05, 0) is 12.8 Å². The molecule has 0 unspecified atom stereocenters. The number of carbonyl (C=O) groups excluding carboxylic acids is 1. The lowest BCUT2D eigenvalue weighted by atomic mass is 10.3. The smallest absolute Gasteiger partial charge is 0.244 e. The van der Waals surface area contributed by atoms with Crippen LogP contribution in [0.3, 0.4) is 0 Å². The standard InChI is InChI=1S/C11H18N6O/c12-11-13-8-17(14-11)7-10(18)16-5-3-15(4-6-16)9-1-2-9/h8-9H,1-7H2,(H2,12,14). The van der Waals surface area contributed by atoms with Crippen molar-refractivity contribution in [1.29, 1.82) is 0 Å². The maximum absolute atomic E-state index is 12.0. The number of amides is 1. The Bertz CT molecular complexity index is 432. The summed E-state index contributed by atoms with van der Waals surface area (Å²) in [5.74, 6) is 0.302. The average Bonchev–Trinajstić information content (AvgIpc) is 3.14. The molecule has 1 aliphatic carbocycles. The molecular weight excluding hydrogens is 232 g/mol. The van der Waals surface area contributed by atoms with Gasteiger partial charge in [0, 0.05) is 32.2 Å². The first-order chi connectivity index (χ1) is 8.72. The maximum atomic E-state index is 12.0. The highest BCUT2D eigenvalue weighted by atomic mass is 16.2. The lowest BCUT2D eigenvalue weighted by Gasteiger charge is -2.34. The average molecular weight is 250 g/mol. The van der Waals surface area contributed by atoms with E-state index in [1.165, 1.54) is 23.9 Å². The van der Waals surface area contributed by atoms with Crippen LogP contribution < -0.4 is 5.73 Å². The molecule has 2 N–H and O–H groups in total. The van der Waals surface area contributed by atoms with E-state index in [2.05, 4.69) is 15.0 Å². The quantitative estimate of drug-likeness (QED) is 0.757. The zero-order valence-corrected chi connectivity index (χ0v) is 10.3. The highest BCUT2D eigenvalue weighted by molar-refractivity contribution is 5.76. The SMILES string of the molecule is Nc1ncn(CC(=O)N2CCN(C3CC3)CC2)n1. The first-order valence-electron chi connectivity index (χ1n) is 6.39. The van der Waals surface area contributed by atoms with Crippen LogP contribution in [0.5, 0.6) is 0 Å². The molecule has 98 valence electrons. The third kappa shape index (κ3) is 2.45. The van der Waals surface area contributed by atoms with Crippen molar-refractivity contribution >= 4 is 11.9 Å². The van der Waals surface area contributed by atoms with E-state index < -0.39 is 0 Å². The predicted molar refractivity (Wildman–Crippen MR) is 65.6 cm³/mol. The lowest BCUT2D eigenvalue weighted by Crippen LogP contribution is -2.50. The third-order valence-electron chi connectivity index (χ3n) is 3.58. The molecule has 0 atom stereocenters. The van der Waals surface area contributed by atoms with Crippen LogP contribution >= 0.6 is 0 Å². The zero-order chi connectivity index (χ0) is 12.5. The molecule has 1 aromatic heterocycles. The number of hydrogen-bond acceptors (Lipinski definition) is 5. The van der Waals surface area contributed by atoms with Gasteiger partial charge in [0.25, 0.3) is 0 Å². The van der Waals surface area contributed by atoms with Gasteiger partial charge in [-0.2, -0.15) is 0 Å². The number of rotatable bonds is 3. The summed E-state index contributed by atoms with van der Waals surface area (Å²) in [4.78, 5) is 20.2. The summed E-state index contributed by atoms with van der Waals surface area (Å²) in [7, 11) is 0. The van der Waals surface area contributed by atoms with Crippen LogP contribution in [-0.2, 0) is 11.3 Å². The minimum atomic E-state index is 0.0929. The van der Waals surface area contributed by atoms with Gasteiger partial charge in [-0.25, -0.2) is 9.67 Å². The summed E-state index contributed by atoms with van der Waals surface area (Å²) in [6.07, 6.45) is 4.14. The summed E-state index contributed by atoms with van der Waals surface area (Å²) in [5.41, 5.74) is 5.42. The number of nitrogen functional groups attached to an aromatic ring is 1. The Balaban J connectivity index is 1.51. The number of anilines is 1. The van der Waals surface area contributed by atoms with Crippen molar-refractivity contribution in [2.45, 2.75) is 25.4 Å². The third-order valence-corrected chi connectivity index (χ3v) is 3.58. The second kappa shape index (κ2) is 4.56. The van der Waals surface area contributed by atoms with Crippen molar-refractivity contribution in [1.82, 2.24) is 24.6 Å². The molecule has 1 saturated carbocycles. The topological polar surface area (TPSA) is 80.3 Å². The van der Waals surface area contributed by atoms with Crippen molar-refractivity contribution in [3.63, 3.8) is 0 Å². The Morgan fingerprint density at radius 1 is 1.33 bits per heavy atom. The monoisotopic (exact) mass is 250 g/mol. The normalized spacial score (nSPS) is 21.2. The van der Waals surface area contributed by atoms with Gasteiger partial charge in [-0.1, -0.05) is 0 Å². The van der Waals surface area contributed by atoms with Crippen LogP contribution in [0.15, 0.2) is 6.33 Å². The number of aromatic nitrogens is 3. The minimum absolute atomic E-state index is 0.0929. The molecule has 3 rings (SSSR count). The van der Waals surface area contributed by atoms with Gasteiger partial charge in [0.15, 0.2) is 0 Å². The summed E-state index contributed by atoms with van der Waals surface area (Å²) >= 11 is 0. The molecule has 0 bridgehead atoms. The molecule has 1 saturated heterocycles. The summed E-state index contributed by atoms with van der Waals surface area (Å²) in [5, 5.41) is 3.92. The van der Waals surface area contributed by atoms with E-state index in [-0.39, 0.29) is 18.4 Å². The van der Waals surface area contributed by atoms with Crippen molar-refractivity contribution in [2.24, 2.45) is 0 Å². The Labute approximate surface area is 106 Å². The summed E-state index contributed by atoms with van der Waals surface area (Å²) in [6.45, 7) is 3.86. The number of hydrogen-bond donors (Lipinski definition) is 1. The predicted octanol–water partition coefficient (Wildman–Crippen LogP) is -0.833. The molecule has 7 heteroatoms. The largest absolute Gasteiger partial charge is 0.367 e. The van der Waals surface area contributed by atoms with E-state index in [0.717, 1.165) is 32.2 Å². The molecule has 0 radical (unpaired) electrons. The Kier molecular flexibility index (Phi) is 2.91. The van der Waals surface area contributed by atoms with Crippen LogP contribution in [0.25, 0.3) is 0 Å². The molecular formula is C11H18N6O. The van der Waals surface area contributed by atoms with E-state index in [4.69, 9.17) is 5.73 Å². The van der Waals surface area contributed by atoms with E-state index in [9.17, 15) is 4.79 Å². The van der Waals surface area contributed by atoms with Crippen molar-refractivity contribution in [3.8, 4) is 0 Å².